The molecule has 0 aromatic rings. The second-order valence-corrected chi connectivity index (χ2v) is 2.01. The van der Waals surface area contributed by atoms with Gasteiger partial charge in [0.1, 0.15) is 5.83 Å². The Balaban J connectivity index is 2.58. The summed E-state index contributed by atoms with van der Waals surface area (Å²) in [5.41, 5.74) is 0. The van der Waals surface area contributed by atoms with Gasteiger partial charge in [0.2, 0.25) is 0 Å². The Kier molecular flexibility index (Phi) is 1.47. The maximum absolute atomic E-state index is 12.4. The third-order valence-electron chi connectivity index (χ3n) is 1.46. The molecule has 0 N–H and O–H groups in total. The Morgan fingerprint density at radius 1 is 1.88 bits per heavy atom. The summed E-state index contributed by atoms with van der Waals surface area (Å²) in [4.78, 5) is 0. The maximum Gasteiger partial charge on any atom is 0.103 e. The molecule has 1 rings (SSSR count). The summed E-state index contributed by atoms with van der Waals surface area (Å²) in [7, 11) is 0. The first kappa shape index (κ1) is 5.54. The summed E-state index contributed by atoms with van der Waals surface area (Å²) >= 11 is 0. The van der Waals surface area contributed by atoms with Gasteiger partial charge in [-0.2, -0.15) is 0 Å². The average Bonchev–Trinajstić information content (AvgIpc) is 2.14. The van der Waals surface area contributed by atoms with Crippen LogP contribution in [0.5, 0.6) is 0 Å². The molecule has 1 aliphatic rings. The molecule has 0 amide bonds. The lowest BCUT2D eigenvalue weighted by Gasteiger charge is -1.97. The quantitative estimate of drug-likeness (QED) is 0.457. The Hall–Kier alpha value is -0.590. The molecule has 0 saturated heterocycles. The lowest BCUT2D eigenvalue weighted by atomic mass is 10.1. The molecule has 0 saturated carbocycles. The molecule has 1 aliphatic carbocycles. The fourth-order valence-electron chi connectivity index (χ4n) is 0.920. The Labute approximate surface area is 48.7 Å². The highest BCUT2D eigenvalue weighted by atomic mass is 19.1. The van der Waals surface area contributed by atoms with Crippen LogP contribution in [-0.4, -0.2) is 0 Å². The lowest BCUT2D eigenvalue weighted by Crippen LogP contribution is -1.87. The van der Waals surface area contributed by atoms with Gasteiger partial charge in [-0.05, 0) is 12.8 Å². The number of allylic oxidation sites excluding steroid dienone is 3. The number of hydrogen-bond donors (Lipinski definition) is 0. The van der Waals surface area contributed by atoms with Gasteiger partial charge in [0, 0.05) is 5.92 Å². The van der Waals surface area contributed by atoms with Crippen molar-refractivity contribution in [2.24, 2.45) is 5.92 Å². The number of rotatable bonds is 1. The molecule has 0 heterocycles. The normalized spacial score (nSPS) is 27.6. The van der Waals surface area contributed by atoms with E-state index in [9.17, 15) is 4.39 Å². The van der Waals surface area contributed by atoms with E-state index in [1.54, 1.807) is 12.2 Å². The highest BCUT2D eigenvalue weighted by Crippen LogP contribution is 2.26. The summed E-state index contributed by atoms with van der Waals surface area (Å²) in [6, 6.07) is 0. The Morgan fingerprint density at radius 2 is 2.62 bits per heavy atom. The molecule has 8 heavy (non-hydrogen) atoms. The van der Waals surface area contributed by atoms with Gasteiger partial charge in [0.25, 0.3) is 0 Å². The van der Waals surface area contributed by atoms with Crippen molar-refractivity contribution >= 4 is 0 Å². The van der Waals surface area contributed by atoms with E-state index in [-0.39, 0.29) is 11.7 Å². The van der Waals surface area contributed by atoms with Crippen molar-refractivity contribution < 1.29 is 4.39 Å². The fourth-order valence-corrected chi connectivity index (χ4v) is 0.920. The van der Waals surface area contributed by atoms with Gasteiger partial charge in [-0.15, -0.1) is 6.58 Å². The molecular weight excluding hydrogens is 103 g/mol. The predicted octanol–water partition coefficient (Wildman–Crippen LogP) is 2.44. The summed E-state index contributed by atoms with van der Waals surface area (Å²) in [5.74, 6) is 0.0231. The van der Waals surface area contributed by atoms with Crippen LogP contribution in [0.4, 0.5) is 4.39 Å². The summed E-state index contributed by atoms with van der Waals surface area (Å²) in [6.07, 6.45) is 5.09. The minimum absolute atomic E-state index is 0.000000000000000222. The topological polar surface area (TPSA) is 0 Å². The highest BCUT2D eigenvalue weighted by molar-refractivity contribution is 5.10. The van der Waals surface area contributed by atoms with E-state index in [1.165, 1.54) is 0 Å². The van der Waals surface area contributed by atoms with Gasteiger partial charge in [-0.3, -0.25) is 0 Å². The van der Waals surface area contributed by atoms with E-state index in [0.717, 1.165) is 12.8 Å². The van der Waals surface area contributed by atoms with E-state index < -0.39 is 0 Å². The Morgan fingerprint density at radius 3 is 2.88 bits per heavy atom. The van der Waals surface area contributed by atoms with E-state index >= 15 is 0 Å². The highest BCUT2D eigenvalue weighted by Gasteiger charge is 2.14. The van der Waals surface area contributed by atoms with Gasteiger partial charge >= 0.3 is 0 Å². The zero-order chi connectivity index (χ0) is 5.98. The molecule has 0 aromatic carbocycles. The predicted molar refractivity (Wildman–Crippen MR) is 32.1 cm³/mol. The average molecular weight is 112 g/mol. The molecule has 0 aliphatic heterocycles. The molecule has 1 unspecified atom stereocenters. The van der Waals surface area contributed by atoms with E-state index in [0.29, 0.717) is 0 Å². The molecule has 44 valence electrons. The van der Waals surface area contributed by atoms with Crippen molar-refractivity contribution in [1.29, 1.82) is 0 Å². The van der Waals surface area contributed by atoms with Crippen molar-refractivity contribution in [3.05, 3.63) is 24.6 Å². The van der Waals surface area contributed by atoms with Crippen LogP contribution in [-0.2, 0) is 0 Å². The largest absolute Gasteiger partial charge is 0.212 e. The first-order chi connectivity index (χ1) is 3.84. The second kappa shape index (κ2) is 2.12. The zero-order valence-corrected chi connectivity index (χ0v) is 4.73. The van der Waals surface area contributed by atoms with Crippen LogP contribution in [0.2, 0.25) is 0 Å². The Bertz CT molecular complexity index is 124. The van der Waals surface area contributed by atoms with E-state index in [1.807, 2.05) is 0 Å². The van der Waals surface area contributed by atoms with Gasteiger partial charge in [-0.1, -0.05) is 12.2 Å². The molecule has 0 radical (unpaired) electrons. The fraction of sp³-hybridized carbons (Fsp3) is 0.429. The molecule has 0 nitrogen and oxygen atoms in total. The van der Waals surface area contributed by atoms with Gasteiger partial charge < -0.3 is 0 Å². The van der Waals surface area contributed by atoms with Crippen LogP contribution in [0.15, 0.2) is 24.6 Å². The van der Waals surface area contributed by atoms with Crippen molar-refractivity contribution in [2.75, 3.05) is 0 Å². The summed E-state index contributed by atoms with van der Waals surface area (Å²) in [5, 5.41) is 0. The molecule has 0 fully saturated rings. The third-order valence-corrected chi connectivity index (χ3v) is 1.46. The van der Waals surface area contributed by atoms with E-state index in [4.69, 9.17) is 0 Å². The number of halogens is 1. The molecule has 0 spiro atoms. The van der Waals surface area contributed by atoms with E-state index in [2.05, 4.69) is 6.58 Å². The minimum Gasteiger partial charge on any atom is -0.212 e. The molecule has 1 heteroatoms. The van der Waals surface area contributed by atoms with Crippen LogP contribution in [0.3, 0.4) is 0 Å². The lowest BCUT2D eigenvalue weighted by molar-refractivity contribution is 0.540. The van der Waals surface area contributed by atoms with Crippen molar-refractivity contribution in [2.45, 2.75) is 12.8 Å². The van der Waals surface area contributed by atoms with Crippen molar-refractivity contribution in [3.8, 4) is 0 Å². The molecule has 0 bridgehead atoms. The minimum atomic E-state index is 0.000000000000000222. The van der Waals surface area contributed by atoms with Gasteiger partial charge in [0.15, 0.2) is 0 Å². The summed E-state index contributed by atoms with van der Waals surface area (Å²) < 4.78 is 12.4. The first-order valence-corrected chi connectivity index (χ1v) is 2.82. The molecule has 0 aromatic heterocycles. The second-order valence-electron chi connectivity index (χ2n) is 2.01. The molecular formula is C7H9F. The van der Waals surface area contributed by atoms with Crippen LogP contribution >= 0.6 is 0 Å². The SMILES string of the molecule is C=CC1CCC=C1F. The van der Waals surface area contributed by atoms with Crippen LogP contribution < -0.4 is 0 Å². The van der Waals surface area contributed by atoms with Gasteiger partial charge in [0.05, 0.1) is 0 Å². The monoisotopic (exact) mass is 112 g/mol. The van der Waals surface area contributed by atoms with Crippen LogP contribution in [0.1, 0.15) is 12.8 Å². The van der Waals surface area contributed by atoms with Crippen molar-refractivity contribution in [1.82, 2.24) is 0 Å². The first-order valence-electron chi connectivity index (χ1n) is 2.82. The number of hydrogen-bond acceptors (Lipinski definition) is 0. The zero-order valence-electron chi connectivity index (χ0n) is 4.73. The summed E-state index contributed by atoms with van der Waals surface area (Å²) in [6.45, 7) is 3.51. The van der Waals surface area contributed by atoms with Crippen LogP contribution in [0.25, 0.3) is 0 Å². The maximum atomic E-state index is 12.4. The smallest absolute Gasteiger partial charge is 0.103 e. The van der Waals surface area contributed by atoms with Crippen LogP contribution in [0, 0.1) is 5.92 Å². The standard InChI is InChI=1S/C7H9F/c1-2-6-4-3-5-7(6)8/h2,5-6H,1,3-4H2. The molecule has 1 atom stereocenters. The van der Waals surface area contributed by atoms with Gasteiger partial charge in [-0.25, -0.2) is 4.39 Å². The third kappa shape index (κ3) is 0.808. The van der Waals surface area contributed by atoms with Crippen molar-refractivity contribution in [3.63, 3.8) is 0 Å².